The van der Waals surface area contributed by atoms with Crippen LogP contribution in [0.3, 0.4) is 0 Å². The minimum absolute atomic E-state index is 0.0111. The van der Waals surface area contributed by atoms with Crippen molar-refractivity contribution in [2.75, 3.05) is 7.11 Å². The molecule has 2 aromatic heterocycles. The Balaban J connectivity index is 2.02. The van der Waals surface area contributed by atoms with Crippen molar-refractivity contribution >= 4 is 33.3 Å². The van der Waals surface area contributed by atoms with Crippen molar-refractivity contribution in [3.05, 3.63) is 50.4 Å². The third kappa shape index (κ3) is 3.30. The minimum Gasteiger partial charge on any atom is -0.496 e. The summed E-state index contributed by atoms with van der Waals surface area (Å²) in [5.74, 6) is 0.794. The van der Waals surface area contributed by atoms with Gasteiger partial charge in [-0.05, 0) is 44.5 Å². The molecule has 0 bridgehead atoms. The summed E-state index contributed by atoms with van der Waals surface area (Å²) < 4.78 is 20.5. The second kappa shape index (κ2) is 7.17. The van der Waals surface area contributed by atoms with Gasteiger partial charge in [0.25, 0.3) is 5.56 Å². The molecule has 0 saturated carbocycles. The van der Waals surface area contributed by atoms with Crippen LogP contribution in [0.25, 0.3) is 10.2 Å². The summed E-state index contributed by atoms with van der Waals surface area (Å²) in [4.78, 5) is 19.4. The second-order valence-electron chi connectivity index (χ2n) is 5.65. The Bertz CT molecular complexity index is 995. The van der Waals surface area contributed by atoms with Gasteiger partial charge in [0.2, 0.25) is 0 Å². The van der Waals surface area contributed by atoms with E-state index in [2.05, 4.69) is 0 Å². The number of fused-ring (bicyclic) bond motifs is 1. The maximum atomic E-state index is 13.5. The van der Waals surface area contributed by atoms with Crippen LogP contribution in [0.1, 0.15) is 22.9 Å². The first kappa shape index (κ1) is 17.9. The second-order valence-corrected chi connectivity index (χ2v) is 7.80. The van der Waals surface area contributed by atoms with E-state index in [0.717, 1.165) is 20.8 Å². The number of methoxy groups -OCH3 is 1. The summed E-state index contributed by atoms with van der Waals surface area (Å²) in [6, 6.07) is 4.44. The molecule has 2 heterocycles. The monoisotopic (exact) mass is 378 g/mol. The molecule has 0 atom stereocenters. The molecule has 0 aliphatic rings. The minimum atomic E-state index is -0.308. The van der Waals surface area contributed by atoms with Gasteiger partial charge in [0.15, 0.2) is 5.16 Å². The summed E-state index contributed by atoms with van der Waals surface area (Å²) in [5.41, 5.74) is 1.73. The Morgan fingerprint density at radius 1 is 1.36 bits per heavy atom. The van der Waals surface area contributed by atoms with Gasteiger partial charge in [0.1, 0.15) is 16.4 Å². The summed E-state index contributed by atoms with van der Waals surface area (Å²) >= 11 is 2.95. The molecule has 132 valence electrons. The third-order valence-electron chi connectivity index (χ3n) is 4.17. The summed E-state index contributed by atoms with van der Waals surface area (Å²) in [5, 5.41) is 1.35. The van der Waals surface area contributed by atoms with Crippen LogP contribution < -0.4 is 10.3 Å². The number of benzene rings is 1. The Kier molecular flexibility index (Phi) is 5.15. The first-order valence-corrected chi connectivity index (χ1v) is 9.72. The van der Waals surface area contributed by atoms with E-state index in [1.165, 1.54) is 35.2 Å². The van der Waals surface area contributed by atoms with E-state index >= 15 is 0 Å². The molecule has 0 amide bonds. The average molecular weight is 378 g/mol. The predicted octanol–water partition coefficient (Wildman–Crippen LogP) is 4.53. The quantitative estimate of drug-likeness (QED) is 0.483. The molecule has 7 heteroatoms. The van der Waals surface area contributed by atoms with Gasteiger partial charge in [-0.1, -0.05) is 11.8 Å². The zero-order valence-corrected chi connectivity index (χ0v) is 16.2. The van der Waals surface area contributed by atoms with Crippen LogP contribution in [0.2, 0.25) is 0 Å². The van der Waals surface area contributed by atoms with Gasteiger partial charge in [-0.2, -0.15) is 0 Å². The number of aromatic nitrogens is 2. The van der Waals surface area contributed by atoms with Gasteiger partial charge in [-0.3, -0.25) is 9.36 Å². The number of aryl methyl sites for hydroxylation is 2. The van der Waals surface area contributed by atoms with Crippen molar-refractivity contribution in [3.63, 3.8) is 0 Å². The summed E-state index contributed by atoms with van der Waals surface area (Å²) in [6.45, 7) is 6.43. The van der Waals surface area contributed by atoms with Gasteiger partial charge < -0.3 is 4.74 Å². The van der Waals surface area contributed by atoms with Crippen molar-refractivity contribution in [2.24, 2.45) is 0 Å². The summed E-state index contributed by atoms with van der Waals surface area (Å²) in [6.07, 6.45) is 0. The Labute approximate surface area is 153 Å². The van der Waals surface area contributed by atoms with Crippen molar-refractivity contribution in [3.8, 4) is 5.75 Å². The van der Waals surface area contributed by atoms with Gasteiger partial charge in [-0.15, -0.1) is 11.3 Å². The molecule has 0 radical (unpaired) electrons. The zero-order chi connectivity index (χ0) is 18.1. The number of hydrogen-bond acceptors (Lipinski definition) is 5. The van der Waals surface area contributed by atoms with Crippen molar-refractivity contribution in [1.82, 2.24) is 9.55 Å². The molecule has 0 N–H and O–H groups in total. The first-order valence-electron chi connectivity index (χ1n) is 7.92. The lowest BCUT2D eigenvalue weighted by Gasteiger charge is -2.12. The van der Waals surface area contributed by atoms with E-state index in [0.29, 0.717) is 28.6 Å². The number of ether oxygens (including phenoxy) is 1. The Morgan fingerprint density at radius 3 is 2.80 bits per heavy atom. The maximum absolute atomic E-state index is 13.5. The molecular weight excluding hydrogens is 359 g/mol. The number of hydrogen-bond donors (Lipinski definition) is 0. The average Bonchev–Trinajstić information content (AvgIpc) is 2.87. The maximum Gasteiger partial charge on any atom is 0.263 e. The van der Waals surface area contributed by atoms with E-state index in [1.807, 2.05) is 20.8 Å². The number of rotatable bonds is 5. The highest BCUT2D eigenvalue weighted by Crippen LogP contribution is 2.31. The van der Waals surface area contributed by atoms with Crippen LogP contribution in [0.15, 0.2) is 28.2 Å². The standard InChI is InChI=1S/C18H19FN2O2S2/c1-5-21-17(22)15-10(2)11(3)25-16(15)20-18(21)24-9-12-8-13(19)6-7-14(12)23-4/h6-8H,5,9H2,1-4H3. The molecule has 0 aliphatic carbocycles. The van der Waals surface area contributed by atoms with Crippen LogP contribution in [0.5, 0.6) is 5.75 Å². The van der Waals surface area contributed by atoms with Gasteiger partial charge >= 0.3 is 0 Å². The molecule has 0 spiro atoms. The van der Waals surface area contributed by atoms with E-state index in [-0.39, 0.29) is 11.4 Å². The molecular formula is C18H19FN2O2S2. The van der Waals surface area contributed by atoms with Crippen LogP contribution in [-0.2, 0) is 12.3 Å². The molecule has 0 saturated heterocycles. The fourth-order valence-corrected chi connectivity index (χ4v) is 4.81. The molecule has 0 fully saturated rings. The number of thioether (sulfide) groups is 1. The molecule has 0 unspecified atom stereocenters. The highest BCUT2D eigenvalue weighted by atomic mass is 32.2. The van der Waals surface area contributed by atoms with Crippen LogP contribution in [0.4, 0.5) is 4.39 Å². The highest BCUT2D eigenvalue weighted by molar-refractivity contribution is 7.98. The van der Waals surface area contributed by atoms with E-state index < -0.39 is 0 Å². The van der Waals surface area contributed by atoms with E-state index in [9.17, 15) is 9.18 Å². The molecule has 1 aromatic carbocycles. The highest BCUT2D eigenvalue weighted by Gasteiger charge is 2.16. The Morgan fingerprint density at radius 2 is 2.12 bits per heavy atom. The fourth-order valence-electron chi connectivity index (χ4n) is 2.70. The van der Waals surface area contributed by atoms with Crippen molar-refractivity contribution < 1.29 is 9.13 Å². The number of halogens is 1. The molecule has 3 aromatic rings. The number of thiophene rings is 1. The largest absolute Gasteiger partial charge is 0.496 e. The lowest BCUT2D eigenvalue weighted by molar-refractivity contribution is 0.410. The molecule has 4 nitrogen and oxygen atoms in total. The van der Waals surface area contributed by atoms with E-state index in [4.69, 9.17) is 9.72 Å². The van der Waals surface area contributed by atoms with Gasteiger partial charge in [0, 0.05) is 22.7 Å². The van der Waals surface area contributed by atoms with Crippen LogP contribution in [-0.4, -0.2) is 16.7 Å². The summed E-state index contributed by atoms with van der Waals surface area (Å²) in [7, 11) is 1.56. The normalized spacial score (nSPS) is 11.2. The fraction of sp³-hybridized carbons (Fsp3) is 0.333. The van der Waals surface area contributed by atoms with Crippen molar-refractivity contribution in [1.29, 1.82) is 0 Å². The molecule has 0 aliphatic heterocycles. The topological polar surface area (TPSA) is 44.1 Å². The lowest BCUT2D eigenvalue weighted by atomic mass is 10.2. The Hall–Kier alpha value is -1.86. The van der Waals surface area contributed by atoms with E-state index in [1.54, 1.807) is 17.7 Å². The van der Waals surface area contributed by atoms with Gasteiger partial charge in [-0.25, -0.2) is 9.37 Å². The predicted molar refractivity (Wildman–Crippen MR) is 102 cm³/mol. The van der Waals surface area contributed by atoms with Crippen LogP contribution >= 0.6 is 23.1 Å². The van der Waals surface area contributed by atoms with Crippen LogP contribution in [0, 0.1) is 19.7 Å². The zero-order valence-electron chi connectivity index (χ0n) is 14.6. The molecule has 3 rings (SSSR count). The van der Waals surface area contributed by atoms with Gasteiger partial charge in [0.05, 0.1) is 12.5 Å². The van der Waals surface area contributed by atoms with Crippen molar-refractivity contribution in [2.45, 2.75) is 38.2 Å². The smallest absolute Gasteiger partial charge is 0.263 e. The third-order valence-corrected chi connectivity index (χ3v) is 6.30. The molecule has 25 heavy (non-hydrogen) atoms. The first-order chi connectivity index (χ1) is 12.0. The number of nitrogens with zero attached hydrogens (tertiary/aromatic N) is 2. The lowest BCUT2D eigenvalue weighted by Crippen LogP contribution is -2.22. The SMILES string of the molecule is CCn1c(SCc2cc(F)ccc2OC)nc2sc(C)c(C)c2c1=O.